The Balaban J connectivity index is 1.94. The minimum atomic E-state index is -0.748. The molecule has 0 saturated heterocycles. The second-order valence-electron chi connectivity index (χ2n) is 5.46. The molecule has 0 bridgehead atoms. The summed E-state index contributed by atoms with van der Waals surface area (Å²) in [5.41, 5.74) is 1.08. The van der Waals surface area contributed by atoms with Crippen LogP contribution in [0, 0.1) is 5.92 Å². The lowest BCUT2D eigenvalue weighted by Crippen LogP contribution is -2.39. The third kappa shape index (κ3) is 3.97. The first-order valence-electron chi connectivity index (χ1n) is 7.33. The van der Waals surface area contributed by atoms with Gasteiger partial charge in [0, 0.05) is 6.04 Å². The summed E-state index contributed by atoms with van der Waals surface area (Å²) in [6.07, 6.45) is 3.02. The lowest BCUT2D eigenvalue weighted by Gasteiger charge is -2.20. The van der Waals surface area contributed by atoms with Crippen molar-refractivity contribution in [3.8, 4) is 5.75 Å². The maximum absolute atomic E-state index is 11.2. The van der Waals surface area contributed by atoms with E-state index in [1.165, 1.54) is 0 Å². The molecule has 0 radical (unpaired) electrons. The number of aliphatic carboxylic acids is 1. The Morgan fingerprint density at radius 2 is 2.05 bits per heavy atom. The van der Waals surface area contributed by atoms with E-state index >= 15 is 0 Å². The van der Waals surface area contributed by atoms with Crippen LogP contribution in [0.15, 0.2) is 24.3 Å². The van der Waals surface area contributed by atoms with Crippen molar-refractivity contribution in [3.05, 3.63) is 29.8 Å². The average molecular weight is 277 g/mol. The van der Waals surface area contributed by atoms with Gasteiger partial charge in [-0.15, -0.1) is 0 Å². The molecule has 1 aliphatic rings. The molecule has 0 amide bonds. The highest BCUT2D eigenvalue weighted by Gasteiger charge is 2.36. The zero-order valence-corrected chi connectivity index (χ0v) is 12.1. The molecule has 0 aliphatic heterocycles. The van der Waals surface area contributed by atoms with Crippen LogP contribution in [0.25, 0.3) is 0 Å². The fraction of sp³-hybridized carbons (Fsp3) is 0.562. The molecule has 1 aromatic carbocycles. The Kier molecular flexibility index (Phi) is 5.01. The predicted molar refractivity (Wildman–Crippen MR) is 77.9 cm³/mol. The van der Waals surface area contributed by atoms with Gasteiger partial charge in [0.2, 0.25) is 0 Å². The number of benzene rings is 1. The van der Waals surface area contributed by atoms with Gasteiger partial charge in [-0.05, 0) is 49.8 Å². The Labute approximate surface area is 120 Å². The Bertz CT molecular complexity index is 440. The minimum absolute atomic E-state index is 0.0249. The number of carboxylic acids is 1. The fourth-order valence-electron chi connectivity index (χ4n) is 2.28. The van der Waals surface area contributed by atoms with Gasteiger partial charge in [-0.3, -0.25) is 10.1 Å². The lowest BCUT2D eigenvalue weighted by atomic mass is 10.1. The third-order valence-corrected chi connectivity index (χ3v) is 3.64. The first-order chi connectivity index (χ1) is 9.61. The molecule has 1 saturated carbocycles. The Morgan fingerprint density at radius 1 is 1.40 bits per heavy atom. The number of carbonyl (C=O) groups is 1. The number of nitrogens with one attached hydrogen (secondary N) is 1. The lowest BCUT2D eigenvalue weighted by molar-refractivity contribution is -0.140. The normalized spacial score (nSPS) is 17.5. The van der Waals surface area contributed by atoms with Crippen molar-refractivity contribution in [2.75, 3.05) is 6.61 Å². The molecule has 1 fully saturated rings. The summed E-state index contributed by atoms with van der Waals surface area (Å²) in [5, 5.41) is 12.5. The van der Waals surface area contributed by atoms with E-state index in [0.29, 0.717) is 5.92 Å². The van der Waals surface area contributed by atoms with E-state index < -0.39 is 12.0 Å². The summed E-state index contributed by atoms with van der Waals surface area (Å²) >= 11 is 0. The predicted octanol–water partition coefficient (Wildman–Crippen LogP) is 2.99. The SMILES string of the molecule is CCCOc1ccc(C(C)NC(C(=O)O)C2CC2)cc1. The van der Waals surface area contributed by atoms with Gasteiger partial charge < -0.3 is 9.84 Å². The van der Waals surface area contributed by atoms with Gasteiger partial charge in [0.1, 0.15) is 11.8 Å². The van der Waals surface area contributed by atoms with Crippen LogP contribution in [0.2, 0.25) is 0 Å². The van der Waals surface area contributed by atoms with Crippen molar-refractivity contribution in [3.63, 3.8) is 0 Å². The number of rotatable bonds is 8. The number of hydrogen-bond donors (Lipinski definition) is 2. The molecule has 2 atom stereocenters. The smallest absolute Gasteiger partial charge is 0.320 e. The maximum atomic E-state index is 11.2. The van der Waals surface area contributed by atoms with Crippen LogP contribution >= 0.6 is 0 Å². The van der Waals surface area contributed by atoms with Gasteiger partial charge >= 0.3 is 5.97 Å². The summed E-state index contributed by atoms with van der Waals surface area (Å²) < 4.78 is 5.54. The fourth-order valence-corrected chi connectivity index (χ4v) is 2.28. The largest absolute Gasteiger partial charge is 0.494 e. The second-order valence-corrected chi connectivity index (χ2v) is 5.46. The molecule has 20 heavy (non-hydrogen) atoms. The van der Waals surface area contributed by atoms with Crippen molar-refractivity contribution in [2.24, 2.45) is 5.92 Å². The van der Waals surface area contributed by atoms with Crippen LogP contribution in [0.1, 0.15) is 44.7 Å². The summed E-state index contributed by atoms with van der Waals surface area (Å²) in [4.78, 5) is 11.2. The quantitative estimate of drug-likeness (QED) is 0.767. The molecule has 0 heterocycles. The van der Waals surface area contributed by atoms with Crippen molar-refractivity contribution < 1.29 is 14.6 Å². The number of ether oxygens (including phenoxy) is 1. The van der Waals surface area contributed by atoms with Gasteiger partial charge in [0.05, 0.1) is 6.61 Å². The molecule has 1 aliphatic carbocycles. The molecule has 0 aromatic heterocycles. The molecule has 1 aromatic rings. The molecule has 110 valence electrons. The second kappa shape index (κ2) is 6.75. The van der Waals surface area contributed by atoms with Gasteiger partial charge in [0.25, 0.3) is 0 Å². The molecule has 2 rings (SSSR count). The van der Waals surface area contributed by atoms with Crippen LogP contribution in [0.3, 0.4) is 0 Å². The molecule has 0 spiro atoms. The van der Waals surface area contributed by atoms with Crippen LogP contribution in [0.4, 0.5) is 0 Å². The summed E-state index contributed by atoms with van der Waals surface area (Å²) in [6, 6.07) is 7.47. The first kappa shape index (κ1) is 14.9. The third-order valence-electron chi connectivity index (χ3n) is 3.64. The van der Waals surface area contributed by atoms with Crippen molar-refractivity contribution in [2.45, 2.75) is 45.2 Å². The summed E-state index contributed by atoms with van der Waals surface area (Å²) in [5.74, 6) is 0.407. The van der Waals surface area contributed by atoms with E-state index in [1.807, 2.05) is 31.2 Å². The molecular weight excluding hydrogens is 254 g/mol. The topological polar surface area (TPSA) is 58.6 Å². The van der Waals surface area contributed by atoms with Crippen LogP contribution in [0.5, 0.6) is 5.75 Å². The highest BCUT2D eigenvalue weighted by atomic mass is 16.5. The Hall–Kier alpha value is -1.55. The molecular formula is C16H23NO3. The van der Waals surface area contributed by atoms with Gasteiger partial charge in [-0.2, -0.15) is 0 Å². The van der Waals surface area contributed by atoms with E-state index in [4.69, 9.17) is 4.74 Å². The van der Waals surface area contributed by atoms with E-state index in [-0.39, 0.29) is 6.04 Å². The van der Waals surface area contributed by atoms with Gasteiger partial charge in [-0.1, -0.05) is 19.1 Å². The van der Waals surface area contributed by atoms with E-state index in [1.54, 1.807) is 0 Å². The zero-order valence-electron chi connectivity index (χ0n) is 12.1. The van der Waals surface area contributed by atoms with Gasteiger partial charge in [0.15, 0.2) is 0 Å². The maximum Gasteiger partial charge on any atom is 0.320 e. The van der Waals surface area contributed by atoms with Crippen molar-refractivity contribution >= 4 is 5.97 Å². The standard InChI is InChI=1S/C16H23NO3/c1-3-10-20-14-8-6-12(7-9-14)11(2)17-15(16(18)19)13-4-5-13/h6-9,11,13,15,17H,3-5,10H2,1-2H3,(H,18,19). The number of hydrogen-bond acceptors (Lipinski definition) is 3. The van der Waals surface area contributed by atoms with E-state index in [9.17, 15) is 9.90 Å². The zero-order chi connectivity index (χ0) is 14.5. The minimum Gasteiger partial charge on any atom is -0.494 e. The van der Waals surface area contributed by atoms with Gasteiger partial charge in [-0.25, -0.2) is 0 Å². The Morgan fingerprint density at radius 3 is 2.55 bits per heavy atom. The van der Waals surface area contributed by atoms with Crippen molar-refractivity contribution in [1.82, 2.24) is 5.32 Å². The monoisotopic (exact) mass is 277 g/mol. The molecule has 4 nitrogen and oxygen atoms in total. The van der Waals surface area contributed by atoms with E-state index in [0.717, 1.165) is 37.2 Å². The van der Waals surface area contributed by atoms with E-state index in [2.05, 4.69) is 12.2 Å². The highest BCUT2D eigenvalue weighted by Crippen LogP contribution is 2.34. The first-order valence-corrected chi connectivity index (χ1v) is 7.33. The molecule has 4 heteroatoms. The molecule has 2 unspecified atom stereocenters. The number of carboxylic acid groups (broad SMARTS) is 1. The summed E-state index contributed by atoms with van der Waals surface area (Å²) in [7, 11) is 0. The van der Waals surface area contributed by atoms with Crippen LogP contribution in [-0.4, -0.2) is 23.7 Å². The van der Waals surface area contributed by atoms with Crippen molar-refractivity contribution in [1.29, 1.82) is 0 Å². The van der Waals surface area contributed by atoms with Crippen LogP contribution < -0.4 is 10.1 Å². The summed E-state index contributed by atoms with van der Waals surface area (Å²) in [6.45, 7) is 4.79. The van der Waals surface area contributed by atoms with Crippen LogP contribution in [-0.2, 0) is 4.79 Å². The molecule has 2 N–H and O–H groups in total. The average Bonchev–Trinajstić information content (AvgIpc) is 3.27. The highest BCUT2D eigenvalue weighted by molar-refractivity contribution is 5.74.